The number of carbonyl (C=O) groups excluding carboxylic acids is 2. The number of carbonyl (C=O) groups is 2. The van der Waals surface area contributed by atoms with Gasteiger partial charge in [-0.2, -0.15) is 0 Å². The summed E-state index contributed by atoms with van der Waals surface area (Å²) in [5.41, 5.74) is 4.13. The van der Waals surface area contributed by atoms with Crippen LogP contribution in [0.2, 0.25) is 5.02 Å². The first kappa shape index (κ1) is 33.9. The molecule has 2 aromatic carbocycles. The van der Waals surface area contributed by atoms with Crippen LogP contribution in [-0.2, 0) is 26.5 Å². The molecule has 1 spiro atoms. The number of aryl methyl sites for hydroxylation is 2. The van der Waals surface area contributed by atoms with Gasteiger partial charge in [0.15, 0.2) is 5.76 Å². The van der Waals surface area contributed by atoms with Crippen LogP contribution in [0.15, 0.2) is 69.7 Å². The maximum atomic E-state index is 14.4. The van der Waals surface area contributed by atoms with Crippen LogP contribution in [0.5, 0.6) is 5.75 Å². The van der Waals surface area contributed by atoms with E-state index in [1.54, 1.807) is 26.2 Å². The van der Waals surface area contributed by atoms with Gasteiger partial charge < -0.3 is 18.8 Å². The van der Waals surface area contributed by atoms with E-state index in [9.17, 15) is 13.8 Å². The Balaban J connectivity index is 1.31. The van der Waals surface area contributed by atoms with Crippen LogP contribution in [0.25, 0.3) is 0 Å². The Morgan fingerprint density at radius 2 is 2.04 bits per heavy atom. The third-order valence-electron chi connectivity index (χ3n) is 10.7. The Morgan fingerprint density at radius 1 is 1.18 bits per heavy atom. The van der Waals surface area contributed by atoms with Crippen LogP contribution in [0.4, 0.5) is 5.69 Å². The summed E-state index contributed by atoms with van der Waals surface area (Å²) in [5, 5.41) is 0.739. The van der Waals surface area contributed by atoms with Gasteiger partial charge >= 0.3 is 0 Å². The first-order valence-electron chi connectivity index (χ1n) is 17.2. The number of anilines is 1. The first-order valence-corrected chi connectivity index (χ1v) is 19.3. The quantitative estimate of drug-likeness (QED) is 0.285. The molecule has 7 rings (SSSR count). The van der Waals surface area contributed by atoms with Crippen molar-refractivity contribution in [2.45, 2.75) is 63.9 Å². The SMILES string of the molecule is CO[C@H]1/C=C\C[C@H](C)CS(=O)(NC(=O)c2cc(C)co2)=NC(=O)c2ccc3c(c2)N(C[C@@H]2CC[C@H]21)C[C@@]1(CCCc2cc(Cl)ccc21)CO3. The molecule has 260 valence electrons. The van der Waals surface area contributed by atoms with Crippen molar-refractivity contribution in [3.05, 3.63) is 93.9 Å². The molecule has 2 bridgehead atoms. The molecule has 2 amide bonds. The molecular weight excluding hydrogens is 662 g/mol. The molecule has 0 radical (unpaired) electrons. The molecule has 0 saturated heterocycles. The van der Waals surface area contributed by atoms with Crippen molar-refractivity contribution in [2.24, 2.45) is 22.1 Å². The number of fused-ring (bicyclic) bond motifs is 4. The van der Waals surface area contributed by atoms with Gasteiger partial charge in [-0.15, -0.1) is 4.36 Å². The number of furan rings is 1. The summed E-state index contributed by atoms with van der Waals surface area (Å²) in [6, 6.07) is 13.1. The van der Waals surface area contributed by atoms with E-state index in [1.165, 1.54) is 17.4 Å². The van der Waals surface area contributed by atoms with E-state index < -0.39 is 21.7 Å². The van der Waals surface area contributed by atoms with Crippen molar-refractivity contribution >= 4 is 39.0 Å². The van der Waals surface area contributed by atoms with E-state index in [0.29, 0.717) is 37.2 Å². The normalized spacial score (nSPS) is 30.5. The van der Waals surface area contributed by atoms with Gasteiger partial charge in [-0.05, 0) is 116 Å². The topological polar surface area (TPSA) is 110 Å². The molecule has 6 atom stereocenters. The number of benzene rings is 2. The van der Waals surface area contributed by atoms with Gasteiger partial charge in [0.05, 0.1) is 30.4 Å². The lowest BCUT2D eigenvalue weighted by atomic mass is 9.68. The van der Waals surface area contributed by atoms with E-state index in [4.69, 9.17) is 25.5 Å². The molecule has 1 N–H and O–H groups in total. The molecule has 9 nitrogen and oxygen atoms in total. The molecule has 3 heterocycles. The number of methoxy groups -OCH3 is 1. The minimum absolute atomic E-state index is 0.00959. The van der Waals surface area contributed by atoms with Crippen molar-refractivity contribution in [2.75, 3.05) is 37.5 Å². The Labute approximate surface area is 293 Å². The second-order valence-electron chi connectivity index (χ2n) is 14.4. The summed E-state index contributed by atoms with van der Waals surface area (Å²) in [4.78, 5) is 29.4. The highest BCUT2D eigenvalue weighted by Crippen LogP contribution is 2.47. The number of nitrogens with zero attached hydrogens (tertiary/aromatic N) is 2. The van der Waals surface area contributed by atoms with Crippen molar-refractivity contribution in [3.63, 3.8) is 0 Å². The highest BCUT2D eigenvalue weighted by molar-refractivity contribution is 7.92. The number of hydrogen-bond acceptors (Lipinski definition) is 7. The number of hydrogen-bond donors (Lipinski definition) is 1. The van der Waals surface area contributed by atoms with E-state index in [2.05, 4.69) is 38.3 Å². The molecule has 49 heavy (non-hydrogen) atoms. The van der Waals surface area contributed by atoms with E-state index in [0.717, 1.165) is 54.9 Å². The zero-order valence-corrected chi connectivity index (χ0v) is 29.9. The lowest BCUT2D eigenvalue weighted by Gasteiger charge is -2.46. The zero-order chi connectivity index (χ0) is 34.3. The number of nitrogens with one attached hydrogen (secondary N) is 1. The summed E-state index contributed by atoms with van der Waals surface area (Å²) in [5.74, 6) is -0.0554. The van der Waals surface area contributed by atoms with Gasteiger partial charge in [-0.3, -0.25) is 14.3 Å². The van der Waals surface area contributed by atoms with Gasteiger partial charge in [-0.1, -0.05) is 36.7 Å². The third kappa shape index (κ3) is 6.92. The Morgan fingerprint density at radius 3 is 2.80 bits per heavy atom. The predicted molar refractivity (Wildman–Crippen MR) is 191 cm³/mol. The van der Waals surface area contributed by atoms with Crippen LogP contribution >= 0.6 is 11.6 Å². The second-order valence-corrected chi connectivity index (χ2v) is 16.8. The molecule has 2 aliphatic carbocycles. The van der Waals surface area contributed by atoms with E-state index in [1.807, 2.05) is 25.1 Å². The van der Waals surface area contributed by atoms with Crippen molar-refractivity contribution < 1.29 is 27.7 Å². The average molecular weight is 706 g/mol. The summed E-state index contributed by atoms with van der Waals surface area (Å²) in [7, 11) is -1.78. The van der Waals surface area contributed by atoms with E-state index >= 15 is 0 Å². The molecular formula is C38H44ClN3O6S. The molecule has 1 saturated carbocycles. The monoisotopic (exact) mass is 705 g/mol. The number of amides is 2. The minimum atomic E-state index is -3.54. The summed E-state index contributed by atoms with van der Waals surface area (Å²) < 4.78 is 39.2. The van der Waals surface area contributed by atoms with Gasteiger partial charge in [-0.25, -0.2) is 4.21 Å². The zero-order valence-electron chi connectivity index (χ0n) is 28.3. The lowest BCUT2D eigenvalue weighted by molar-refractivity contribution is 0.0131. The second kappa shape index (κ2) is 13.6. The van der Waals surface area contributed by atoms with Crippen LogP contribution in [0, 0.1) is 24.7 Å². The molecule has 3 aromatic rings. The Bertz CT molecular complexity index is 1910. The summed E-state index contributed by atoms with van der Waals surface area (Å²) >= 11 is 6.45. The number of rotatable bonds is 3. The highest BCUT2D eigenvalue weighted by atomic mass is 35.5. The largest absolute Gasteiger partial charge is 0.490 e. The molecule has 1 unspecified atom stereocenters. The molecule has 4 aliphatic rings. The fourth-order valence-corrected chi connectivity index (χ4v) is 10.2. The number of allylic oxidation sites excluding steroid dienone is 1. The Hall–Kier alpha value is -3.60. The summed E-state index contributed by atoms with van der Waals surface area (Å²) in [6.07, 6.45) is 11.3. The Kier molecular flexibility index (Phi) is 9.41. The fourth-order valence-electron chi connectivity index (χ4n) is 8.11. The van der Waals surface area contributed by atoms with Crippen LogP contribution in [0.1, 0.15) is 76.6 Å². The van der Waals surface area contributed by atoms with Crippen LogP contribution < -0.4 is 14.4 Å². The van der Waals surface area contributed by atoms with Crippen molar-refractivity contribution in [3.8, 4) is 5.75 Å². The third-order valence-corrected chi connectivity index (χ3v) is 12.9. The van der Waals surface area contributed by atoms with Crippen molar-refractivity contribution in [1.82, 2.24) is 4.72 Å². The standard InChI is InChI=1S/C38H44ClN3O6S/c1-24-6-4-8-33(46-3)30-12-9-28(30)19-42-22-38(15-5-7-26-17-29(39)11-13-31(26)38)23-48-34-14-10-27(18-32(34)42)36(43)40-49(45,21-24)41-37(44)35-16-25(2)20-47-35/h4,8,10-11,13-14,16-18,20,24,28,30,33H,5-7,9,12,15,19,21-23H2,1-3H3,(H,40,41,43,44,45)/b8-4-/t24-,28-,30+,33-,38-,49?/m0/s1. The van der Waals surface area contributed by atoms with E-state index in [-0.39, 0.29) is 34.5 Å². The molecule has 1 aromatic heterocycles. The fraction of sp³-hybridized carbons (Fsp3) is 0.474. The van der Waals surface area contributed by atoms with Gasteiger partial charge in [0.1, 0.15) is 15.7 Å². The first-order chi connectivity index (χ1) is 23.5. The minimum Gasteiger partial charge on any atom is -0.490 e. The molecule has 11 heteroatoms. The highest BCUT2D eigenvalue weighted by Gasteiger charge is 2.44. The summed E-state index contributed by atoms with van der Waals surface area (Å²) in [6.45, 7) is 5.73. The lowest BCUT2D eigenvalue weighted by Crippen LogP contribution is -2.49. The maximum absolute atomic E-state index is 14.4. The number of ether oxygens (including phenoxy) is 2. The predicted octanol–water partition coefficient (Wildman–Crippen LogP) is 7.30. The van der Waals surface area contributed by atoms with Gasteiger partial charge in [0, 0.05) is 36.2 Å². The molecule has 2 aliphatic heterocycles. The molecule has 1 fully saturated rings. The van der Waals surface area contributed by atoms with Gasteiger partial charge in [0.2, 0.25) is 0 Å². The average Bonchev–Trinajstić information content (AvgIpc) is 3.43. The maximum Gasteiger partial charge on any atom is 0.299 e. The van der Waals surface area contributed by atoms with Crippen LogP contribution in [0.3, 0.4) is 0 Å². The smallest absolute Gasteiger partial charge is 0.299 e. The number of halogens is 1. The van der Waals surface area contributed by atoms with Gasteiger partial charge in [0.25, 0.3) is 11.8 Å². The van der Waals surface area contributed by atoms with Crippen LogP contribution in [-0.4, -0.2) is 54.7 Å². The van der Waals surface area contributed by atoms with Crippen molar-refractivity contribution in [1.29, 1.82) is 0 Å².